The lowest BCUT2D eigenvalue weighted by Crippen LogP contribution is -2.55. The fraction of sp³-hybridized carbons (Fsp3) is 0.529. The first-order valence-corrected chi connectivity index (χ1v) is 15.4. The van der Waals surface area contributed by atoms with Crippen LogP contribution in [0.15, 0.2) is 36.4 Å². The largest absolute Gasteiger partial charge is 0.444 e. The van der Waals surface area contributed by atoms with Crippen LogP contribution in [0.2, 0.25) is 0 Å². The number of amides is 3. The molecule has 0 spiro atoms. The summed E-state index contributed by atoms with van der Waals surface area (Å²) in [4.78, 5) is 44.5. The van der Waals surface area contributed by atoms with E-state index in [9.17, 15) is 19.6 Å². The summed E-state index contributed by atoms with van der Waals surface area (Å²) in [5.74, 6) is -0.808. The second-order valence-electron chi connectivity index (χ2n) is 13.5. The number of nitriles is 1. The van der Waals surface area contributed by atoms with E-state index in [0.29, 0.717) is 24.1 Å². The Kier molecular flexibility index (Phi) is 8.98. The average Bonchev–Trinajstić information content (AvgIpc) is 3.65. The topological polar surface area (TPSA) is 106 Å². The molecular formula is C34H42FN5O4. The minimum Gasteiger partial charge on any atom is -0.444 e. The molecule has 3 aliphatic rings. The highest BCUT2D eigenvalue weighted by molar-refractivity contribution is 6.02. The molecular weight excluding hydrogens is 561 g/mol. The first kappa shape index (κ1) is 31.5. The maximum atomic E-state index is 15.4. The first-order valence-electron chi connectivity index (χ1n) is 15.4. The summed E-state index contributed by atoms with van der Waals surface area (Å²) in [5, 5.41) is 12.6. The van der Waals surface area contributed by atoms with E-state index in [0.717, 1.165) is 49.0 Å². The lowest BCUT2D eigenvalue weighted by Gasteiger charge is -2.35. The van der Waals surface area contributed by atoms with Gasteiger partial charge in [0.15, 0.2) is 0 Å². The van der Waals surface area contributed by atoms with Gasteiger partial charge in [-0.25, -0.2) is 9.18 Å². The van der Waals surface area contributed by atoms with Gasteiger partial charge < -0.3 is 19.9 Å². The van der Waals surface area contributed by atoms with Crippen LogP contribution in [0.4, 0.5) is 14.9 Å². The maximum absolute atomic E-state index is 15.4. The molecule has 2 aliphatic heterocycles. The lowest BCUT2D eigenvalue weighted by molar-refractivity contribution is -0.128. The highest BCUT2D eigenvalue weighted by Gasteiger charge is 2.52. The van der Waals surface area contributed by atoms with Gasteiger partial charge in [-0.1, -0.05) is 24.3 Å². The van der Waals surface area contributed by atoms with Crippen molar-refractivity contribution in [1.82, 2.24) is 15.1 Å². The van der Waals surface area contributed by atoms with Crippen LogP contribution in [0, 0.1) is 23.1 Å². The molecule has 5 rings (SSSR count). The zero-order chi connectivity index (χ0) is 31.8. The predicted octanol–water partition coefficient (Wildman–Crippen LogP) is 4.67. The molecule has 10 heteroatoms. The van der Waals surface area contributed by atoms with Gasteiger partial charge in [0.25, 0.3) is 0 Å². The van der Waals surface area contributed by atoms with Gasteiger partial charge in [-0.05, 0) is 107 Å². The minimum atomic E-state index is -0.968. The molecule has 1 N–H and O–H groups in total. The highest BCUT2D eigenvalue weighted by Crippen LogP contribution is 2.43. The van der Waals surface area contributed by atoms with Crippen molar-refractivity contribution in [2.75, 3.05) is 32.1 Å². The number of anilines is 1. The number of hydrogen-bond acceptors (Lipinski definition) is 6. The van der Waals surface area contributed by atoms with Crippen molar-refractivity contribution >= 4 is 23.6 Å². The van der Waals surface area contributed by atoms with Crippen molar-refractivity contribution < 1.29 is 23.5 Å². The van der Waals surface area contributed by atoms with Gasteiger partial charge in [-0.2, -0.15) is 5.26 Å². The van der Waals surface area contributed by atoms with Crippen molar-refractivity contribution in [2.45, 2.75) is 83.0 Å². The van der Waals surface area contributed by atoms with E-state index < -0.39 is 35.5 Å². The van der Waals surface area contributed by atoms with Gasteiger partial charge in [0.2, 0.25) is 11.8 Å². The van der Waals surface area contributed by atoms with Crippen LogP contribution in [0.3, 0.4) is 0 Å². The number of halogens is 1. The molecule has 2 aromatic rings. The van der Waals surface area contributed by atoms with Crippen LogP contribution in [-0.2, 0) is 27.2 Å². The van der Waals surface area contributed by atoms with Crippen molar-refractivity contribution in [2.24, 2.45) is 5.92 Å². The summed E-state index contributed by atoms with van der Waals surface area (Å²) in [7, 11) is 4.00. The molecule has 3 amide bonds. The van der Waals surface area contributed by atoms with Crippen LogP contribution in [0.5, 0.6) is 0 Å². The number of nitrogens with zero attached hydrogens (tertiary/aromatic N) is 4. The van der Waals surface area contributed by atoms with Crippen molar-refractivity contribution in [3.05, 3.63) is 53.3 Å². The van der Waals surface area contributed by atoms with Crippen LogP contribution in [0.1, 0.15) is 57.6 Å². The van der Waals surface area contributed by atoms with Crippen molar-refractivity contribution in [3.63, 3.8) is 0 Å². The molecule has 2 aromatic carbocycles. The SMILES string of the molecule is CN(C)CCCN1C(=O)Cc2ccc(-c3ccc(C[C@@H](C#N)NC(=O)[C@@H]4[C@H]5CC[C@H](C5)N4C(=O)OC(C)(C)C)c(F)c3)cc21. The second kappa shape index (κ2) is 12.6. The summed E-state index contributed by atoms with van der Waals surface area (Å²) in [5.41, 5.74) is 2.90. The number of fused-ring (bicyclic) bond motifs is 3. The van der Waals surface area contributed by atoms with E-state index in [1.807, 2.05) is 37.2 Å². The normalized spacial score (nSPS) is 21.4. The molecule has 2 heterocycles. The molecule has 0 unspecified atom stereocenters. The summed E-state index contributed by atoms with van der Waals surface area (Å²) in [6.07, 6.45) is 3.07. The fourth-order valence-electron chi connectivity index (χ4n) is 6.73. The van der Waals surface area contributed by atoms with E-state index >= 15 is 4.39 Å². The van der Waals surface area contributed by atoms with E-state index in [-0.39, 0.29) is 24.3 Å². The van der Waals surface area contributed by atoms with E-state index in [2.05, 4.69) is 16.3 Å². The zero-order valence-electron chi connectivity index (χ0n) is 26.2. The lowest BCUT2D eigenvalue weighted by atomic mass is 9.96. The Morgan fingerprint density at radius 3 is 2.57 bits per heavy atom. The third-order valence-corrected chi connectivity index (χ3v) is 8.75. The summed E-state index contributed by atoms with van der Waals surface area (Å²) in [6, 6.07) is 11.0. The van der Waals surface area contributed by atoms with Crippen LogP contribution in [0.25, 0.3) is 11.1 Å². The quantitative estimate of drug-likeness (QED) is 0.447. The van der Waals surface area contributed by atoms with E-state index in [4.69, 9.17) is 4.74 Å². The number of piperidine rings is 1. The van der Waals surface area contributed by atoms with Crippen molar-refractivity contribution in [3.8, 4) is 17.2 Å². The number of carbonyl (C=O) groups excluding carboxylic acids is 3. The molecule has 1 aliphatic carbocycles. The monoisotopic (exact) mass is 603 g/mol. The van der Waals surface area contributed by atoms with E-state index in [1.54, 1.807) is 32.9 Å². The second-order valence-corrected chi connectivity index (χ2v) is 13.5. The number of ether oxygens (including phenoxy) is 1. The molecule has 0 aromatic heterocycles. The number of carbonyl (C=O) groups is 3. The van der Waals surface area contributed by atoms with Gasteiger partial charge in [0, 0.05) is 24.7 Å². The molecule has 234 valence electrons. The molecule has 0 radical (unpaired) electrons. The predicted molar refractivity (Wildman–Crippen MR) is 165 cm³/mol. The fourth-order valence-corrected chi connectivity index (χ4v) is 6.73. The number of rotatable bonds is 9. The van der Waals surface area contributed by atoms with Gasteiger partial charge in [-0.3, -0.25) is 14.5 Å². The highest BCUT2D eigenvalue weighted by atomic mass is 19.1. The summed E-state index contributed by atoms with van der Waals surface area (Å²) in [6.45, 7) is 6.85. The van der Waals surface area contributed by atoms with Gasteiger partial charge in [-0.15, -0.1) is 0 Å². The number of hydrogen-bond donors (Lipinski definition) is 1. The standard InChI is InChI=1S/C34H42FN5O4/c1-34(2,3)44-33(43)40-27-12-11-25(16-27)31(40)32(42)37-26(20-36)15-23-9-7-21(17-28(23)35)22-8-10-24-19-30(41)39(29(24)18-22)14-6-13-38(4)5/h7-10,17-18,25-27,31H,6,11-16,19H2,1-5H3,(H,37,42)/t25-,26-,27+,31-/m0/s1. The number of benzene rings is 2. The van der Waals surface area contributed by atoms with Gasteiger partial charge in [0.05, 0.1) is 12.5 Å². The summed E-state index contributed by atoms with van der Waals surface area (Å²) >= 11 is 0. The molecule has 2 bridgehead atoms. The van der Waals surface area contributed by atoms with E-state index in [1.165, 1.54) is 11.0 Å². The smallest absolute Gasteiger partial charge is 0.411 e. The zero-order valence-corrected chi connectivity index (χ0v) is 26.2. The van der Waals surface area contributed by atoms with Crippen LogP contribution >= 0.6 is 0 Å². The Morgan fingerprint density at radius 2 is 1.89 bits per heavy atom. The molecule has 44 heavy (non-hydrogen) atoms. The number of likely N-dealkylation sites (tertiary alicyclic amines) is 1. The molecule has 9 nitrogen and oxygen atoms in total. The minimum absolute atomic E-state index is 0.00871. The first-order chi connectivity index (χ1) is 20.8. The molecule has 1 saturated carbocycles. The van der Waals surface area contributed by atoms with Gasteiger partial charge >= 0.3 is 6.09 Å². The molecule has 4 atom stereocenters. The Hall–Kier alpha value is -3.97. The molecule has 1 saturated heterocycles. The summed E-state index contributed by atoms with van der Waals surface area (Å²) < 4.78 is 21.0. The molecule has 2 fully saturated rings. The Bertz CT molecular complexity index is 1480. The van der Waals surface area contributed by atoms with Gasteiger partial charge in [0.1, 0.15) is 23.5 Å². The maximum Gasteiger partial charge on any atom is 0.411 e. The Labute approximate surface area is 258 Å². The Morgan fingerprint density at radius 1 is 1.16 bits per heavy atom. The third kappa shape index (κ3) is 6.73. The van der Waals surface area contributed by atoms with Crippen LogP contribution < -0.4 is 10.2 Å². The van der Waals surface area contributed by atoms with Crippen LogP contribution in [-0.4, -0.2) is 78.6 Å². The number of nitrogens with one attached hydrogen (secondary N) is 1. The van der Waals surface area contributed by atoms with Crippen molar-refractivity contribution in [1.29, 1.82) is 5.26 Å². The average molecular weight is 604 g/mol. The third-order valence-electron chi connectivity index (χ3n) is 8.75. The Balaban J connectivity index is 1.26.